The van der Waals surface area contributed by atoms with Crippen LogP contribution in [0.25, 0.3) is 11.3 Å². The van der Waals surface area contributed by atoms with Gasteiger partial charge in [-0.3, -0.25) is 4.79 Å². The summed E-state index contributed by atoms with van der Waals surface area (Å²) in [4.78, 5) is 16.4. The molecule has 1 aliphatic rings. The first kappa shape index (κ1) is 18.8. The zero-order valence-electron chi connectivity index (χ0n) is 13.4. The second-order valence-corrected chi connectivity index (χ2v) is 9.19. The highest BCUT2D eigenvalue weighted by Gasteiger charge is 2.31. The number of carbonyl (C=O) groups excluding carboxylic acids is 1. The van der Waals surface area contributed by atoms with E-state index in [2.05, 4.69) is 10.3 Å². The van der Waals surface area contributed by atoms with Crippen LogP contribution in [-0.4, -0.2) is 30.8 Å². The van der Waals surface area contributed by atoms with Crippen LogP contribution >= 0.6 is 11.3 Å². The Bertz CT molecular complexity index is 909. The Kier molecular flexibility index (Phi) is 5.07. The lowest BCUT2D eigenvalue weighted by molar-refractivity contribution is -0.137. The number of nitrogens with one attached hydrogen (secondary N) is 1. The van der Waals surface area contributed by atoms with Crippen LogP contribution in [-0.2, 0) is 20.8 Å². The van der Waals surface area contributed by atoms with Crippen LogP contribution in [0.15, 0.2) is 29.6 Å². The van der Waals surface area contributed by atoms with Gasteiger partial charge in [-0.1, -0.05) is 12.1 Å². The Labute approximate surface area is 152 Å². The van der Waals surface area contributed by atoms with Crippen molar-refractivity contribution in [3.8, 4) is 11.3 Å². The molecule has 2 heterocycles. The molecule has 1 aromatic carbocycles. The molecular weight excluding hydrogens is 389 g/mol. The number of halogens is 3. The molecule has 1 saturated heterocycles. The summed E-state index contributed by atoms with van der Waals surface area (Å²) in [5.41, 5.74) is -0.125. The molecule has 0 atom stereocenters. The third-order valence-corrected chi connectivity index (χ3v) is 6.62. The number of carbonyl (C=O) groups is 1. The van der Waals surface area contributed by atoms with E-state index in [9.17, 15) is 26.4 Å². The van der Waals surface area contributed by atoms with E-state index in [0.717, 1.165) is 23.5 Å². The number of hydrogen-bond acceptors (Lipinski definition) is 5. The van der Waals surface area contributed by atoms with E-state index in [4.69, 9.17) is 0 Å². The molecule has 10 heteroatoms. The minimum Gasteiger partial charge on any atom is -0.302 e. The third kappa shape index (κ3) is 4.42. The molecule has 0 unspecified atom stereocenters. The standard InChI is InChI=1S/C16H15F3N2O3S2/c17-16(18,19)12-3-1-2-11(8-12)13-9-25-15(20-13)21-14(22)10-4-6-26(23,24)7-5-10/h1-3,8-10H,4-7H2,(H,20,21,22). The van der Waals surface area contributed by atoms with Crippen molar-refractivity contribution in [2.24, 2.45) is 5.92 Å². The lowest BCUT2D eigenvalue weighted by Crippen LogP contribution is -2.31. The molecule has 0 bridgehead atoms. The summed E-state index contributed by atoms with van der Waals surface area (Å²) < 4.78 is 61.2. The van der Waals surface area contributed by atoms with Crippen molar-refractivity contribution >= 4 is 32.2 Å². The van der Waals surface area contributed by atoms with Gasteiger partial charge in [-0.25, -0.2) is 13.4 Å². The Morgan fingerprint density at radius 3 is 2.58 bits per heavy atom. The SMILES string of the molecule is O=C(Nc1nc(-c2cccc(C(F)(F)F)c2)cs1)C1CCS(=O)(=O)CC1. The normalized spacial score (nSPS) is 17.8. The van der Waals surface area contributed by atoms with E-state index >= 15 is 0 Å². The third-order valence-electron chi connectivity index (χ3n) is 4.15. The highest BCUT2D eigenvalue weighted by atomic mass is 32.2. The Hall–Kier alpha value is -1.94. The number of nitrogens with zero attached hydrogens (tertiary/aromatic N) is 1. The molecule has 1 N–H and O–H groups in total. The van der Waals surface area contributed by atoms with Crippen molar-refractivity contribution in [1.82, 2.24) is 4.98 Å². The van der Waals surface area contributed by atoms with E-state index in [1.807, 2.05) is 0 Å². The zero-order chi connectivity index (χ0) is 18.9. The fourth-order valence-corrected chi connectivity index (χ4v) is 4.89. The van der Waals surface area contributed by atoms with Gasteiger partial charge in [-0.15, -0.1) is 11.3 Å². The lowest BCUT2D eigenvalue weighted by Gasteiger charge is -2.20. The quantitative estimate of drug-likeness (QED) is 0.848. The minimum atomic E-state index is -4.44. The summed E-state index contributed by atoms with van der Waals surface area (Å²) in [6.07, 6.45) is -3.91. The monoisotopic (exact) mass is 404 g/mol. The van der Waals surface area contributed by atoms with E-state index in [1.165, 1.54) is 12.1 Å². The number of benzene rings is 1. The van der Waals surface area contributed by atoms with Crippen molar-refractivity contribution in [3.63, 3.8) is 0 Å². The molecule has 1 amide bonds. The number of hydrogen-bond donors (Lipinski definition) is 1. The second kappa shape index (κ2) is 6.99. The summed E-state index contributed by atoms with van der Waals surface area (Å²) in [6, 6.07) is 4.81. The number of amides is 1. The summed E-state index contributed by atoms with van der Waals surface area (Å²) in [5, 5.41) is 4.47. The van der Waals surface area contributed by atoms with Crippen LogP contribution < -0.4 is 5.32 Å². The molecule has 3 rings (SSSR count). The van der Waals surface area contributed by atoms with Crippen LogP contribution in [0.5, 0.6) is 0 Å². The number of alkyl halides is 3. The molecule has 0 spiro atoms. The van der Waals surface area contributed by atoms with Crippen LogP contribution in [0.4, 0.5) is 18.3 Å². The van der Waals surface area contributed by atoms with Gasteiger partial charge in [0, 0.05) is 16.9 Å². The average molecular weight is 404 g/mol. The highest BCUT2D eigenvalue weighted by Crippen LogP contribution is 2.33. The Balaban J connectivity index is 1.70. The molecule has 0 saturated carbocycles. The Morgan fingerprint density at radius 1 is 1.23 bits per heavy atom. The zero-order valence-corrected chi connectivity index (χ0v) is 15.0. The maximum absolute atomic E-state index is 12.8. The predicted molar refractivity (Wildman–Crippen MR) is 92.6 cm³/mol. The topological polar surface area (TPSA) is 76.1 Å². The molecule has 140 valence electrons. The van der Waals surface area contributed by atoms with Gasteiger partial charge in [-0.2, -0.15) is 13.2 Å². The van der Waals surface area contributed by atoms with Crippen molar-refractivity contribution < 1.29 is 26.4 Å². The van der Waals surface area contributed by atoms with E-state index < -0.39 is 27.5 Å². The lowest BCUT2D eigenvalue weighted by atomic mass is 10.0. The van der Waals surface area contributed by atoms with Gasteiger partial charge in [-0.05, 0) is 25.0 Å². The molecule has 26 heavy (non-hydrogen) atoms. The van der Waals surface area contributed by atoms with Crippen molar-refractivity contribution in [1.29, 1.82) is 0 Å². The van der Waals surface area contributed by atoms with E-state index in [1.54, 1.807) is 5.38 Å². The summed E-state index contributed by atoms with van der Waals surface area (Å²) in [5.74, 6) is -0.749. The van der Waals surface area contributed by atoms with Gasteiger partial charge in [0.1, 0.15) is 9.84 Å². The largest absolute Gasteiger partial charge is 0.416 e. The number of anilines is 1. The highest BCUT2D eigenvalue weighted by molar-refractivity contribution is 7.91. The predicted octanol–water partition coefficient (Wildman–Crippen LogP) is 3.59. The number of sulfone groups is 1. The fourth-order valence-electron chi connectivity index (χ4n) is 2.68. The van der Waals surface area contributed by atoms with Crippen LogP contribution in [0.2, 0.25) is 0 Å². The van der Waals surface area contributed by atoms with Gasteiger partial charge in [0.05, 0.1) is 22.8 Å². The first-order chi connectivity index (χ1) is 12.1. The van der Waals surface area contributed by atoms with E-state index in [-0.39, 0.29) is 35.4 Å². The maximum Gasteiger partial charge on any atom is 0.416 e. The molecule has 2 aromatic rings. The number of aromatic nitrogens is 1. The molecule has 5 nitrogen and oxygen atoms in total. The fraction of sp³-hybridized carbons (Fsp3) is 0.375. The summed E-state index contributed by atoms with van der Waals surface area (Å²) in [7, 11) is -3.06. The summed E-state index contributed by atoms with van der Waals surface area (Å²) >= 11 is 1.11. The Morgan fingerprint density at radius 2 is 1.92 bits per heavy atom. The smallest absolute Gasteiger partial charge is 0.302 e. The van der Waals surface area contributed by atoms with Gasteiger partial charge in [0.15, 0.2) is 5.13 Å². The second-order valence-electron chi connectivity index (χ2n) is 6.03. The molecule has 1 aromatic heterocycles. The molecule has 0 aliphatic carbocycles. The maximum atomic E-state index is 12.8. The summed E-state index contributed by atoms with van der Waals surface area (Å²) in [6.45, 7) is 0. The van der Waals surface area contributed by atoms with Gasteiger partial charge in [0.25, 0.3) is 0 Å². The van der Waals surface area contributed by atoms with Gasteiger partial charge < -0.3 is 5.32 Å². The molecular formula is C16H15F3N2O3S2. The van der Waals surface area contributed by atoms with Crippen LogP contribution in [0.3, 0.4) is 0 Å². The van der Waals surface area contributed by atoms with Gasteiger partial charge in [0.2, 0.25) is 5.91 Å². The van der Waals surface area contributed by atoms with Crippen molar-refractivity contribution in [3.05, 3.63) is 35.2 Å². The van der Waals surface area contributed by atoms with Crippen LogP contribution in [0.1, 0.15) is 18.4 Å². The van der Waals surface area contributed by atoms with Crippen molar-refractivity contribution in [2.75, 3.05) is 16.8 Å². The molecule has 1 fully saturated rings. The minimum absolute atomic E-state index is 0.0154. The first-order valence-corrected chi connectivity index (χ1v) is 10.5. The average Bonchev–Trinajstić information content (AvgIpc) is 3.02. The van der Waals surface area contributed by atoms with Crippen molar-refractivity contribution in [2.45, 2.75) is 19.0 Å². The van der Waals surface area contributed by atoms with E-state index in [0.29, 0.717) is 11.3 Å². The first-order valence-electron chi connectivity index (χ1n) is 7.78. The molecule has 0 radical (unpaired) electrons. The molecule has 1 aliphatic heterocycles. The van der Waals surface area contributed by atoms with Crippen LogP contribution in [0, 0.1) is 5.92 Å². The number of thiazole rings is 1. The number of rotatable bonds is 3. The van der Waals surface area contributed by atoms with Gasteiger partial charge >= 0.3 is 6.18 Å².